The van der Waals surface area contributed by atoms with Crippen molar-refractivity contribution in [3.05, 3.63) is 77.6 Å². The number of benzene rings is 1. The van der Waals surface area contributed by atoms with Gasteiger partial charge in [0.25, 0.3) is 0 Å². The van der Waals surface area contributed by atoms with Crippen LogP contribution < -0.4 is 10.1 Å². The predicted molar refractivity (Wildman–Crippen MR) is 117 cm³/mol. The molecule has 1 saturated heterocycles. The van der Waals surface area contributed by atoms with E-state index in [9.17, 15) is 0 Å². The number of hydrogen-bond donors (Lipinski definition) is 1. The highest BCUT2D eigenvalue weighted by Crippen LogP contribution is 2.09. The molecule has 0 atom stereocenters. The topological polar surface area (TPSA) is 63.2 Å². The summed E-state index contributed by atoms with van der Waals surface area (Å²) < 4.78 is 5.65. The van der Waals surface area contributed by atoms with Crippen molar-refractivity contribution in [1.82, 2.24) is 20.1 Å². The molecule has 30 heavy (non-hydrogen) atoms. The van der Waals surface area contributed by atoms with Gasteiger partial charge in [0.15, 0.2) is 0 Å². The van der Waals surface area contributed by atoms with Crippen molar-refractivity contribution < 1.29 is 4.74 Å². The molecule has 6 heteroatoms. The molecule has 0 radical (unpaired) electrons. The van der Waals surface area contributed by atoms with Gasteiger partial charge in [0.2, 0.25) is 5.88 Å². The Balaban J connectivity index is 1.25. The van der Waals surface area contributed by atoms with Gasteiger partial charge < -0.3 is 15.0 Å². The van der Waals surface area contributed by atoms with Crippen molar-refractivity contribution in [2.75, 3.05) is 31.5 Å². The van der Waals surface area contributed by atoms with Crippen LogP contribution in [0.1, 0.15) is 29.7 Å². The van der Waals surface area contributed by atoms with Crippen LogP contribution in [0.15, 0.2) is 60.8 Å². The Morgan fingerprint density at radius 3 is 2.53 bits per heavy atom. The molecule has 0 saturated carbocycles. The average molecular weight is 399 g/mol. The lowest BCUT2D eigenvalue weighted by molar-refractivity contribution is 0.290. The fourth-order valence-corrected chi connectivity index (χ4v) is 3.25. The van der Waals surface area contributed by atoms with Crippen LogP contribution in [0.3, 0.4) is 0 Å². The van der Waals surface area contributed by atoms with E-state index in [0.29, 0.717) is 18.2 Å². The number of nitrogens with one attached hydrogen (secondary N) is 1. The zero-order chi connectivity index (χ0) is 20.4. The van der Waals surface area contributed by atoms with Crippen molar-refractivity contribution in [2.24, 2.45) is 0 Å². The summed E-state index contributed by atoms with van der Waals surface area (Å²) in [7, 11) is 0. The third-order valence-electron chi connectivity index (χ3n) is 4.90. The summed E-state index contributed by atoms with van der Waals surface area (Å²) in [6.45, 7) is 4.86. The van der Waals surface area contributed by atoms with E-state index in [0.717, 1.165) is 30.0 Å². The smallest absolute Gasteiger partial charge is 0.233 e. The second-order valence-electron chi connectivity index (χ2n) is 7.19. The van der Waals surface area contributed by atoms with Crippen molar-refractivity contribution in [3.63, 3.8) is 0 Å². The number of nitrogens with zero attached hydrogens (tertiary/aromatic N) is 4. The summed E-state index contributed by atoms with van der Waals surface area (Å²) >= 11 is 0. The Labute approximate surface area is 177 Å². The molecular weight excluding hydrogens is 374 g/mol. The summed E-state index contributed by atoms with van der Waals surface area (Å²) in [5.41, 5.74) is 2.52. The maximum atomic E-state index is 5.65. The number of rotatable bonds is 7. The van der Waals surface area contributed by atoms with Gasteiger partial charge in [-0.2, -0.15) is 0 Å². The van der Waals surface area contributed by atoms with Crippen LogP contribution >= 0.6 is 0 Å². The molecule has 4 rings (SSSR count). The van der Waals surface area contributed by atoms with Crippen LogP contribution in [0.4, 0.5) is 5.82 Å². The van der Waals surface area contributed by atoms with Crippen LogP contribution in [-0.2, 0) is 6.61 Å². The standard InChI is InChI=1S/C24H25N5O/c1-2-6-21(7-3-1)19-30-24-13-11-22(27-28-24)10-8-20-9-12-23(26-18-20)25-14-17-29-15-4-5-16-29/h1-3,6-7,9,11-13,18H,4-5,14-17,19H2,(H,25,26). The average Bonchev–Trinajstić information content (AvgIpc) is 3.32. The van der Waals surface area contributed by atoms with Gasteiger partial charge >= 0.3 is 0 Å². The van der Waals surface area contributed by atoms with Crippen LogP contribution in [-0.4, -0.2) is 46.3 Å². The van der Waals surface area contributed by atoms with Crippen molar-refractivity contribution in [3.8, 4) is 17.7 Å². The van der Waals surface area contributed by atoms with E-state index in [1.54, 1.807) is 12.3 Å². The van der Waals surface area contributed by atoms with Crippen LogP contribution in [0, 0.1) is 11.8 Å². The van der Waals surface area contributed by atoms with Gasteiger partial charge in [-0.05, 0) is 55.6 Å². The number of hydrogen-bond acceptors (Lipinski definition) is 6. The van der Waals surface area contributed by atoms with Gasteiger partial charge in [0.05, 0.1) is 0 Å². The molecule has 6 nitrogen and oxygen atoms in total. The van der Waals surface area contributed by atoms with Crippen LogP contribution in [0.2, 0.25) is 0 Å². The van der Waals surface area contributed by atoms with Gasteiger partial charge in [0.1, 0.15) is 18.1 Å². The van der Waals surface area contributed by atoms with E-state index in [2.05, 4.69) is 37.2 Å². The van der Waals surface area contributed by atoms with Gasteiger partial charge in [-0.1, -0.05) is 36.3 Å². The Bertz CT molecular complexity index is 972. The largest absolute Gasteiger partial charge is 0.472 e. The first-order valence-electron chi connectivity index (χ1n) is 10.3. The predicted octanol–water partition coefficient (Wildman–Crippen LogP) is 3.36. The molecular formula is C24H25N5O. The van der Waals surface area contributed by atoms with Crippen molar-refractivity contribution in [1.29, 1.82) is 0 Å². The highest BCUT2D eigenvalue weighted by atomic mass is 16.5. The van der Waals surface area contributed by atoms with Gasteiger partial charge in [-0.15, -0.1) is 10.2 Å². The number of anilines is 1. The first-order valence-corrected chi connectivity index (χ1v) is 10.3. The zero-order valence-corrected chi connectivity index (χ0v) is 16.9. The second-order valence-corrected chi connectivity index (χ2v) is 7.19. The lowest BCUT2D eigenvalue weighted by Crippen LogP contribution is -2.26. The van der Waals surface area contributed by atoms with E-state index in [1.807, 2.05) is 48.5 Å². The summed E-state index contributed by atoms with van der Waals surface area (Å²) in [4.78, 5) is 6.91. The summed E-state index contributed by atoms with van der Waals surface area (Å²) in [6.07, 6.45) is 4.41. The molecule has 0 unspecified atom stereocenters. The molecule has 152 valence electrons. The Morgan fingerprint density at radius 2 is 1.80 bits per heavy atom. The SMILES string of the molecule is C(#Cc1ccc(OCc2ccccc2)nn1)c1ccc(NCCN2CCCC2)nc1. The van der Waals surface area contributed by atoms with Crippen LogP contribution in [0.25, 0.3) is 0 Å². The van der Waals surface area contributed by atoms with Crippen molar-refractivity contribution in [2.45, 2.75) is 19.4 Å². The fourth-order valence-electron chi connectivity index (χ4n) is 3.25. The third kappa shape index (κ3) is 6.03. The highest BCUT2D eigenvalue weighted by Gasteiger charge is 2.10. The maximum absolute atomic E-state index is 5.65. The lowest BCUT2D eigenvalue weighted by Gasteiger charge is -2.14. The number of aromatic nitrogens is 3. The van der Waals surface area contributed by atoms with Gasteiger partial charge in [-0.25, -0.2) is 4.98 Å². The normalized spacial score (nSPS) is 13.5. The molecule has 1 N–H and O–H groups in total. The number of likely N-dealkylation sites (tertiary alicyclic amines) is 1. The van der Waals surface area contributed by atoms with E-state index in [4.69, 9.17) is 4.74 Å². The maximum Gasteiger partial charge on any atom is 0.233 e. The lowest BCUT2D eigenvalue weighted by atomic mass is 10.2. The van der Waals surface area contributed by atoms with E-state index < -0.39 is 0 Å². The monoisotopic (exact) mass is 399 g/mol. The second kappa shape index (κ2) is 10.4. The van der Waals surface area contributed by atoms with E-state index in [-0.39, 0.29) is 0 Å². The molecule has 0 aliphatic carbocycles. The first-order chi connectivity index (χ1) is 14.8. The van der Waals surface area contributed by atoms with E-state index in [1.165, 1.54) is 25.9 Å². The van der Waals surface area contributed by atoms with Crippen molar-refractivity contribution >= 4 is 5.82 Å². The first kappa shape index (κ1) is 19.9. The molecule has 1 aliphatic rings. The molecule has 3 aromatic rings. The minimum absolute atomic E-state index is 0.463. The highest BCUT2D eigenvalue weighted by molar-refractivity contribution is 5.43. The quantitative estimate of drug-likeness (QED) is 0.615. The zero-order valence-electron chi connectivity index (χ0n) is 16.9. The molecule has 0 spiro atoms. The minimum Gasteiger partial charge on any atom is -0.472 e. The van der Waals surface area contributed by atoms with Gasteiger partial charge in [-0.3, -0.25) is 0 Å². The summed E-state index contributed by atoms with van der Waals surface area (Å²) in [5.74, 6) is 7.45. The Hall–Kier alpha value is -3.43. The molecule has 0 bridgehead atoms. The molecule has 1 aliphatic heterocycles. The number of ether oxygens (including phenoxy) is 1. The van der Waals surface area contributed by atoms with E-state index >= 15 is 0 Å². The Kier molecular flexibility index (Phi) is 6.87. The van der Waals surface area contributed by atoms with Crippen LogP contribution in [0.5, 0.6) is 5.88 Å². The summed E-state index contributed by atoms with van der Waals surface area (Å²) in [6, 6.07) is 17.5. The summed E-state index contributed by atoms with van der Waals surface area (Å²) in [5, 5.41) is 11.6. The Morgan fingerprint density at radius 1 is 0.933 bits per heavy atom. The molecule has 1 fully saturated rings. The fraction of sp³-hybridized carbons (Fsp3) is 0.292. The minimum atomic E-state index is 0.463. The number of pyridine rings is 1. The third-order valence-corrected chi connectivity index (χ3v) is 4.90. The molecule has 0 amide bonds. The molecule has 2 aromatic heterocycles. The van der Waals surface area contributed by atoms with Gasteiger partial charge in [0, 0.05) is 30.9 Å². The molecule has 1 aromatic carbocycles. The molecule has 3 heterocycles.